The second kappa shape index (κ2) is 7.10. The highest BCUT2D eigenvalue weighted by Crippen LogP contribution is 2.33. The highest BCUT2D eigenvalue weighted by Gasteiger charge is 2.32. The van der Waals surface area contributed by atoms with Crippen molar-refractivity contribution in [3.8, 4) is 0 Å². The molecule has 1 saturated heterocycles. The van der Waals surface area contributed by atoms with Gasteiger partial charge in [-0.25, -0.2) is 4.39 Å². The van der Waals surface area contributed by atoms with Crippen LogP contribution in [0.2, 0.25) is 0 Å². The van der Waals surface area contributed by atoms with Gasteiger partial charge in [-0.2, -0.15) is 0 Å². The first kappa shape index (κ1) is 16.8. The average Bonchev–Trinajstić information content (AvgIpc) is 2.45. The minimum Gasteiger partial charge on any atom is -0.368 e. The molecule has 1 aliphatic rings. The number of hydrogen-bond acceptors (Lipinski definition) is 2. The lowest BCUT2D eigenvalue weighted by Gasteiger charge is -2.45. The molecule has 4 heteroatoms. The molecule has 2 rings (SSSR count). The molecule has 1 heterocycles. The van der Waals surface area contributed by atoms with E-state index in [1.54, 1.807) is 6.07 Å². The Kier molecular flexibility index (Phi) is 5.67. The molecule has 1 aliphatic heterocycles. The zero-order chi connectivity index (χ0) is 15.6. The Balaban J connectivity index is 2.17. The van der Waals surface area contributed by atoms with Gasteiger partial charge in [0.25, 0.3) is 0 Å². The van der Waals surface area contributed by atoms with Crippen LogP contribution in [-0.4, -0.2) is 25.2 Å². The van der Waals surface area contributed by atoms with Crippen molar-refractivity contribution >= 4 is 21.6 Å². The maximum Gasteiger partial charge on any atom is 0.137 e. The summed E-state index contributed by atoms with van der Waals surface area (Å²) in [4.78, 5) is 2.42. The van der Waals surface area contributed by atoms with E-state index < -0.39 is 0 Å². The fraction of sp³-hybridized carbons (Fsp3) is 0.647. The van der Waals surface area contributed by atoms with Crippen LogP contribution in [0.4, 0.5) is 10.1 Å². The van der Waals surface area contributed by atoms with Crippen molar-refractivity contribution in [3.63, 3.8) is 0 Å². The van der Waals surface area contributed by atoms with Gasteiger partial charge in [0.2, 0.25) is 0 Å². The summed E-state index contributed by atoms with van der Waals surface area (Å²) in [5.41, 5.74) is 2.16. The van der Waals surface area contributed by atoms with E-state index in [0.717, 1.165) is 30.8 Å². The Morgan fingerprint density at radius 2 is 2.10 bits per heavy atom. The maximum atomic E-state index is 13.6. The van der Waals surface area contributed by atoms with E-state index in [2.05, 4.69) is 46.9 Å². The molecule has 0 aromatic heterocycles. The van der Waals surface area contributed by atoms with Gasteiger partial charge in [0, 0.05) is 24.3 Å². The number of benzene rings is 1. The summed E-state index contributed by atoms with van der Waals surface area (Å²) >= 11 is 3.31. The first-order valence-electron chi connectivity index (χ1n) is 7.91. The molecule has 0 aliphatic carbocycles. The van der Waals surface area contributed by atoms with E-state index in [9.17, 15) is 4.39 Å². The van der Waals surface area contributed by atoms with Crippen molar-refractivity contribution in [2.45, 2.75) is 52.6 Å². The van der Waals surface area contributed by atoms with Gasteiger partial charge in [0.1, 0.15) is 5.82 Å². The lowest BCUT2D eigenvalue weighted by atomic mass is 9.86. The normalized spacial score (nSPS) is 26.2. The van der Waals surface area contributed by atoms with Crippen molar-refractivity contribution in [3.05, 3.63) is 28.0 Å². The largest absolute Gasteiger partial charge is 0.368 e. The summed E-state index contributed by atoms with van der Waals surface area (Å²) in [5.74, 6) is 0.393. The molecule has 0 spiro atoms. The third-order valence-corrected chi connectivity index (χ3v) is 5.38. The Morgan fingerprint density at radius 3 is 2.76 bits per heavy atom. The molecule has 1 aromatic carbocycles. The summed E-state index contributed by atoms with van der Waals surface area (Å²) in [6.45, 7) is 10.9. The number of aryl methyl sites for hydroxylation is 1. The molecule has 1 fully saturated rings. The van der Waals surface area contributed by atoms with E-state index in [-0.39, 0.29) is 5.82 Å². The van der Waals surface area contributed by atoms with E-state index in [1.807, 2.05) is 13.0 Å². The molecule has 1 aromatic rings. The average molecular weight is 357 g/mol. The molecule has 0 amide bonds. The second-order valence-electron chi connectivity index (χ2n) is 6.20. The van der Waals surface area contributed by atoms with Gasteiger partial charge in [-0.05, 0) is 72.8 Å². The first-order chi connectivity index (χ1) is 9.95. The Bertz CT molecular complexity index is 492. The van der Waals surface area contributed by atoms with Crippen LogP contribution in [0.15, 0.2) is 16.6 Å². The van der Waals surface area contributed by atoms with Crippen LogP contribution in [0.25, 0.3) is 0 Å². The predicted octanol–water partition coefficient (Wildman–Crippen LogP) is 4.50. The predicted molar refractivity (Wildman–Crippen MR) is 91.5 cm³/mol. The maximum absolute atomic E-state index is 13.6. The zero-order valence-corrected chi connectivity index (χ0v) is 15.0. The summed E-state index contributed by atoms with van der Waals surface area (Å²) in [5, 5.41) is 3.66. The molecule has 3 unspecified atom stereocenters. The summed E-state index contributed by atoms with van der Waals surface area (Å²) in [6.07, 6.45) is 2.31. The van der Waals surface area contributed by atoms with Crippen molar-refractivity contribution < 1.29 is 4.39 Å². The lowest BCUT2D eigenvalue weighted by molar-refractivity contribution is 0.271. The smallest absolute Gasteiger partial charge is 0.137 e. The highest BCUT2D eigenvalue weighted by atomic mass is 79.9. The van der Waals surface area contributed by atoms with Crippen LogP contribution in [0.3, 0.4) is 0 Å². The van der Waals surface area contributed by atoms with Gasteiger partial charge >= 0.3 is 0 Å². The van der Waals surface area contributed by atoms with Crippen LogP contribution in [-0.2, 0) is 0 Å². The fourth-order valence-corrected chi connectivity index (χ4v) is 3.60. The van der Waals surface area contributed by atoms with Crippen LogP contribution in [0.1, 0.15) is 39.2 Å². The molecule has 2 nitrogen and oxygen atoms in total. The van der Waals surface area contributed by atoms with Gasteiger partial charge in [-0.1, -0.05) is 13.8 Å². The highest BCUT2D eigenvalue weighted by molar-refractivity contribution is 9.10. The van der Waals surface area contributed by atoms with E-state index in [1.165, 1.54) is 6.42 Å². The molecule has 3 atom stereocenters. The van der Waals surface area contributed by atoms with Crippen molar-refractivity contribution in [2.24, 2.45) is 5.92 Å². The summed E-state index contributed by atoms with van der Waals surface area (Å²) in [7, 11) is 0. The Hall–Kier alpha value is -0.610. The first-order valence-corrected chi connectivity index (χ1v) is 8.70. The van der Waals surface area contributed by atoms with Crippen LogP contribution in [0, 0.1) is 18.7 Å². The third kappa shape index (κ3) is 3.59. The molecule has 0 radical (unpaired) electrons. The zero-order valence-electron chi connectivity index (χ0n) is 13.4. The number of halogens is 2. The molecular weight excluding hydrogens is 331 g/mol. The SMILES string of the molecule is CCCNC1CCN(c2cc(Br)c(F)cc2C)C(C)C1C. The van der Waals surface area contributed by atoms with Gasteiger partial charge in [0.05, 0.1) is 4.47 Å². The van der Waals surface area contributed by atoms with Crippen LogP contribution >= 0.6 is 15.9 Å². The molecule has 0 bridgehead atoms. The molecule has 0 saturated carbocycles. The quantitative estimate of drug-likeness (QED) is 0.854. The van der Waals surface area contributed by atoms with Gasteiger partial charge in [0.15, 0.2) is 0 Å². The molecule has 118 valence electrons. The lowest BCUT2D eigenvalue weighted by Crippen LogP contribution is -2.53. The second-order valence-corrected chi connectivity index (χ2v) is 7.05. The molecule has 21 heavy (non-hydrogen) atoms. The standard InChI is InChI=1S/C17H26BrFN2/c1-5-7-20-16-6-8-21(13(4)12(16)3)17-10-14(18)15(19)9-11(17)2/h9-10,12-13,16,20H,5-8H2,1-4H3. The van der Waals surface area contributed by atoms with Crippen molar-refractivity contribution in [2.75, 3.05) is 18.0 Å². The van der Waals surface area contributed by atoms with E-state index >= 15 is 0 Å². The van der Waals surface area contributed by atoms with Crippen molar-refractivity contribution in [1.82, 2.24) is 5.32 Å². The van der Waals surface area contributed by atoms with E-state index in [4.69, 9.17) is 0 Å². The number of anilines is 1. The number of nitrogens with zero attached hydrogens (tertiary/aromatic N) is 1. The van der Waals surface area contributed by atoms with Gasteiger partial charge < -0.3 is 10.2 Å². The summed E-state index contributed by atoms with van der Waals surface area (Å²) < 4.78 is 14.2. The number of hydrogen-bond donors (Lipinski definition) is 1. The minimum atomic E-state index is -0.184. The molecule has 1 N–H and O–H groups in total. The van der Waals surface area contributed by atoms with Crippen molar-refractivity contribution in [1.29, 1.82) is 0 Å². The van der Waals surface area contributed by atoms with Crippen LogP contribution in [0.5, 0.6) is 0 Å². The Morgan fingerprint density at radius 1 is 1.38 bits per heavy atom. The number of piperidine rings is 1. The minimum absolute atomic E-state index is 0.184. The molecular formula is C17H26BrFN2. The van der Waals surface area contributed by atoms with Gasteiger partial charge in [-0.3, -0.25) is 0 Å². The van der Waals surface area contributed by atoms with E-state index in [0.29, 0.717) is 22.5 Å². The monoisotopic (exact) mass is 356 g/mol. The van der Waals surface area contributed by atoms with Gasteiger partial charge in [-0.15, -0.1) is 0 Å². The topological polar surface area (TPSA) is 15.3 Å². The Labute approximate surface area is 136 Å². The van der Waals surface area contributed by atoms with Crippen LogP contribution < -0.4 is 10.2 Å². The number of rotatable bonds is 4. The number of nitrogens with one attached hydrogen (secondary N) is 1. The summed E-state index contributed by atoms with van der Waals surface area (Å²) in [6, 6.07) is 4.58. The fourth-order valence-electron chi connectivity index (χ4n) is 3.27. The third-order valence-electron chi connectivity index (χ3n) is 4.77.